The van der Waals surface area contributed by atoms with Crippen molar-refractivity contribution in [2.45, 2.75) is 43.0 Å². The maximum atomic E-state index is 12.4. The van der Waals surface area contributed by atoms with Gasteiger partial charge >= 0.3 is 0 Å². The topological polar surface area (TPSA) is 84.5 Å². The van der Waals surface area contributed by atoms with Gasteiger partial charge in [0, 0.05) is 12.0 Å². The zero-order valence-corrected chi connectivity index (χ0v) is 14.4. The van der Waals surface area contributed by atoms with Crippen LogP contribution < -0.4 is 14.8 Å². The van der Waals surface area contributed by atoms with Crippen LogP contribution in [-0.4, -0.2) is 27.5 Å². The minimum atomic E-state index is -3.57. The highest BCUT2D eigenvalue weighted by Gasteiger charge is 2.28. The van der Waals surface area contributed by atoms with E-state index in [-0.39, 0.29) is 22.8 Å². The zero-order valence-electron chi connectivity index (χ0n) is 13.6. The Bertz CT molecular complexity index is 754. The second-order valence-corrected chi connectivity index (χ2v) is 7.94. The van der Waals surface area contributed by atoms with Crippen molar-refractivity contribution in [3.05, 3.63) is 30.4 Å². The number of allylic oxidation sites excluding steroid dienone is 2. The summed E-state index contributed by atoms with van der Waals surface area (Å²) in [7, 11) is -2.08. The molecule has 2 aliphatic rings. The van der Waals surface area contributed by atoms with E-state index in [0.717, 1.165) is 25.7 Å². The van der Waals surface area contributed by atoms with Gasteiger partial charge in [-0.2, -0.15) is 0 Å². The number of sulfonamides is 1. The number of ether oxygens (including phenoxy) is 1. The first-order chi connectivity index (χ1) is 11.5. The molecule has 1 amide bonds. The average Bonchev–Trinajstić information content (AvgIpc) is 3.39. The van der Waals surface area contributed by atoms with Crippen LogP contribution >= 0.6 is 0 Å². The summed E-state index contributed by atoms with van der Waals surface area (Å²) in [6, 6.07) is 4.55. The third kappa shape index (κ3) is 3.96. The van der Waals surface area contributed by atoms with Gasteiger partial charge in [-0.05, 0) is 50.3 Å². The van der Waals surface area contributed by atoms with Crippen molar-refractivity contribution in [1.29, 1.82) is 0 Å². The van der Waals surface area contributed by atoms with E-state index in [2.05, 4.69) is 16.1 Å². The number of benzene rings is 1. The minimum Gasteiger partial charge on any atom is -0.495 e. The van der Waals surface area contributed by atoms with Crippen LogP contribution in [0, 0.1) is 5.92 Å². The zero-order chi connectivity index (χ0) is 17.2. The molecule has 1 atom stereocenters. The lowest BCUT2D eigenvalue weighted by Gasteiger charge is -2.19. The Morgan fingerprint density at radius 2 is 2.00 bits per heavy atom. The highest BCUT2D eigenvalue weighted by atomic mass is 32.2. The first-order valence-electron chi connectivity index (χ1n) is 8.16. The maximum absolute atomic E-state index is 12.4. The molecule has 0 heterocycles. The number of carbonyl (C=O) groups excluding carboxylic acids is 1. The van der Waals surface area contributed by atoms with E-state index in [1.54, 1.807) is 6.07 Å². The van der Waals surface area contributed by atoms with Crippen LogP contribution in [0.3, 0.4) is 0 Å². The predicted molar refractivity (Wildman–Crippen MR) is 91.4 cm³/mol. The number of methoxy groups -OCH3 is 1. The molecule has 1 saturated carbocycles. The van der Waals surface area contributed by atoms with Crippen LogP contribution in [0.15, 0.2) is 35.2 Å². The Hall–Kier alpha value is -1.86. The second kappa shape index (κ2) is 6.94. The summed E-state index contributed by atoms with van der Waals surface area (Å²) in [4.78, 5) is 12.6. The summed E-state index contributed by atoms with van der Waals surface area (Å²) >= 11 is 0. The van der Waals surface area contributed by atoms with Crippen molar-refractivity contribution < 1.29 is 17.9 Å². The lowest BCUT2D eigenvalue weighted by Crippen LogP contribution is -2.26. The number of nitrogens with one attached hydrogen (secondary N) is 2. The molecule has 0 radical (unpaired) electrons. The maximum Gasteiger partial charge on any atom is 0.240 e. The van der Waals surface area contributed by atoms with Gasteiger partial charge in [-0.25, -0.2) is 13.1 Å². The van der Waals surface area contributed by atoms with Gasteiger partial charge in [-0.3, -0.25) is 4.79 Å². The van der Waals surface area contributed by atoms with E-state index in [9.17, 15) is 13.2 Å². The Morgan fingerprint density at radius 3 is 2.62 bits per heavy atom. The van der Waals surface area contributed by atoms with Gasteiger partial charge in [-0.15, -0.1) is 0 Å². The van der Waals surface area contributed by atoms with Crippen molar-refractivity contribution in [1.82, 2.24) is 4.72 Å². The van der Waals surface area contributed by atoms with E-state index >= 15 is 0 Å². The molecule has 0 bridgehead atoms. The van der Waals surface area contributed by atoms with Crippen LogP contribution in [0.25, 0.3) is 0 Å². The van der Waals surface area contributed by atoms with E-state index in [0.29, 0.717) is 17.9 Å². The van der Waals surface area contributed by atoms with Gasteiger partial charge in [0.05, 0.1) is 17.7 Å². The predicted octanol–water partition coefficient (Wildman–Crippen LogP) is 2.43. The highest BCUT2D eigenvalue weighted by Crippen LogP contribution is 2.30. The molecule has 3 rings (SSSR count). The van der Waals surface area contributed by atoms with Gasteiger partial charge in [0.2, 0.25) is 15.9 Å². The smallest absolute Gasteiger partial charge is 0.240 e. The molecule has 0 aromatic heterocycles. The molecule has 1 aromatic rings. The lowest BCUT2D eigenvalue weighted by molar-refractivity contribution is -0.120. The summed E-state index contributed by atoms with van der Waals surface area (Å²) in [5, 5.41) is 2.82. The van der Waals surface area contributed by atoms with Gasteiger partial charge in [0.25, 0.3) is 0 Å². The number of anilines is 1. The second-order valence-electron chi connectivity index (χ2n) is 6.23. The molecule has 2 aliphatic carbocycles. The summed E-state index contributed by atoms with van der Waals surface area (Å²) in [6.45, 7) is 0. The molecule has 24 heavy (non-hydrogen) atoms. The fraction of sp³-hybridized carbons (Fsp3) is 0.471. The molecule has 7 heteroatoms. The quantitative estimate of drug-likeness (QED) is 0.772. The van der Waals surface area contributed by atoms with Crippen LogP contribution in [0.2, 0.25) is 0 Å². The average molecular weight is 350 g/mol. The fourth-order valence-corrected chi connectivity index (χ4v) is 4.04. The first-order valence-corrected chi connectivity index (χ1v) is 9.64. The SMILES string of the molecule is COc1ccc(S(=O)(=O)NC2CC2)cc1NC(=O)C1CC=CCC1. The lowest BCUT2D eigenvalue weighted by atomic mass is 9.93. The number of carbonyl (C=O) groups is 1. The number of hydrogen-bond donors (Lipinski definition) is 2. The molecule has 130 valence electrons. The van der Waals surface area contributed by atoms with E-state index < -0.39 is 10.0 Å². The van der Waals surface area contributed by atoms with Crippen molar-refractivity contribution in [2.24, 2.45) is 5.92 Å². The van der Waals surface area contributed by atoms with Crippen molar-refractivity contribution in [2.75, 3.05) is 12.4 Å². The molecular formula is C17H22N2O4S. The molecule has 0 spiro atoms. The molecule has 6 nitrogen and oxygen atoms in total. The van der Waals surface area contributed by atoms with Crippen LogP contribution in [-0.2, 0) is 14.8 Å². The number of hydrogen-bond acceptors (Lipinski definition) is 4. The van der Waals surface area contributed by atoms with Crippen molar-refractivity contribution >= 4 is 21.6 Å². The van der Waals surface area contributed by atoms with Gasteiger partial charge in [-0.1, -0.05) is 12.2 Å². The van der Waals surface area contributed by atoms with Gasteiger partial charge in [0.1, 0.15) is 5.75 Å². The van der Waals surface area contributed by atoms with Crippen LogP contribution in [0.5, 0.6) is 5.75 Å². The molecule has 1 fully saturated rings. The molecule has 1 unspecified atom stereocenters. The highest BCUT2D eigenvalue weighted by molar-refractivity contribution is 7.89. The molecular weight excluding hydrogens is 328 g/mol. The Balaban J connectivity index is 1.81. The first kappa shape index (κ1) is 17.0. The third-order valence-electron chi connectivity index (χ3n) is 4.28. The minimum absolute atomic E-state index is 0.0316. The van der Waals surface area contributed by atoms with Crippen molar-refractivity contribution in [3.63, 3.8) is 0 Å². The van der Waals surface area contributed by atoms with Gasteiger partial charge < -0.3 is 10.1 Å². The van der Waals surface area contributed by atoms with Crippen LogP contribution in [0.4, 0.5) is 5.69 Å². The normalized spacial score (nSPS) is 20.6. The summed E-state index contributed by atoms with van der Waals surface area (Å²) < 4.78 is 32.6. The molecule has 0 aliphatic heterocycles. The van der Waals surface area contributed by atoms with E-state index in [4.69, 9.17) is 4.74 Å². The van der Waals surface area contributed by atoms with E-state index in [1.165, 1.54) is 19.2 Å². The molecule has 1 aromatic carbocycles. The van der Waals surface area contributed by atoms with Crippen molar-refractivity contribution in [3.8, 4) is 5.75 Å². The van der Waals surface area contributed by atoms with E-state index in [1.807, 2.05) is 6.08 Å². The molecule has 0 saturated heterocycles. The third-order valence-corrected chi connectivity index (χ3v) is 5.80. The monoisotopic (exact) mass is 350 g/mol. The Labute approximate surface area is 142 Å². The van der Waals surface area contributed by atoms with Crippen LogP contribution in [0.1, 0.15) is 32.1 Å². The Kier molecular flexibility index (Phi) is 4.91. The number of amides is 1. The fourth-order valence-electron chi connectivity index (χ4n) is 2.71. The number of rotatable bonds is 6. The van der Waals surface area contributed by atoms with Gasteiger partial charge in [0.15, 0.2) is 0 Å². The largest absolute Gasteiger partial charge is 0.495 e. The molecule has 2 N–H and O–H groups in total. The summed E-state index contributed by atoms with van der Waals surface area (Å²) in [6.07, 6.45) is 8.20. The Morgan fingerprint density at radius 1 is 1.21 bits per heavy atom. The summed E-state index contributed by atoms with van der Waals surface area (Å²) in [5.74, 6) is 0.243. The standard InChI is InChI=1S/C17H22N2O4S/c1-23-16-10-9-14(24(21,22)19-13-7-8-13)11-15(16)18-17(20)12-5-3-2-4-6-12/h2-3,9-13,19H,4-8H2,1H3,(H,18,20). The summed E-state index contributed by atoms with van der Waals surface area (Å²) in [5.41, 5.74) is 0.385.